The zero-order chi connectivity index (χ0) is 20.9. The predicted octanol–water partition coefficient (Wildman–Crippen LogP) is 2.86. The van der Waals surface area contributed by atoms with E-state index < -0.39 is 0 Å². The molecule has 0 N–H and O–H groups in total. The summed E-state index contributed by atoms with van der Waals surface area (Å²) in [6, 6.07) is 6.13. The van der Waals surface area contributed by atoms with Crippen LogP contribution in [0, 0.1) is 11.8 Å². The van der Waals surface area contributed by atoms with E-state index in [-0.39, 0.29) is 0 Å². The van der Waals surface area contributed by atoms with Gasteiger partial charge in [0.15, 0.2) is 11.5 Å². The number of carbonyl (C=O) groups excluding carboxylic acids is 1. The van der Waals surface area contributed by atoms with E-state index in [2.05, 4.69) is 26.8 Å². The number of piperazine rings is 1. The predicted molar refractivity (Wildman–Crippen MR) is 118 cm³/mol. The Morgan fingerprint density at radius 3 is 2.33 bits per heavy atom. The van der Waals surface area contributed by atoms with E-state index in [9.17, 15) is 4.79 Å². The third-order valence-corrected chi connectivity index (χ3v) is 7.32. The van der Waals surface area contributed by atoms with Gasteiger partial charge in [0, 0.05) is 45.8 Å². The number of hydrogen-bond donors (Lipinski definition) is 0. The Bertz CT molecular complexity index is 718. The molecule has 3 fully saturated rings. The van der Waals surface area contributed by atoms with Crippen LogP contribution in [0.2, 0.25) is 0 Å². The number of benzene rings is 1. The van der Waals surface area contributed by atoms with Gasteiger partial charge in [0.25, 0.3) is 0 Å². The van der Waals surface area contributed by atoms with Crippen molar-refractivity contribution in [3.8, 4) is 11.5 Å². The monoisotopic (exact) mass is 415 g/mol. The van der Waals surface area contributed by atoms with Gasteiger partial charge in [-0.05, 0) is 42.4 Å². The molecule has 2 saturated heterocycles. The molecule has 6 heteroatoms. The minimum atomic E-state index is 0.340. The molecule has 2 aliphatic heterocycles. The molecule has 0 unspecified atom stereocenters. The molecule has 1 saturated carbocycles. The van der Waals surface area contributed by atoms with E-state index in [1.165, 1.54) is 37.7 Å². The average molecular weight is 416 g/mol. The minimum absolute atomic E-state index is 0.340. The highest BCUT2D eigenvalue weighted by molar-refractivity contribution is 5.78. The highest BCUT2D eigenvalue weighted by Gasteiger charge is 2.33. The lowest BCUT2D eigenvalue weighted by Crippen LogP contribution is -2.52. The van der Waals surface area contributed by atoms with E-state index in [1.807, 2.05) is 6.07 Å². The van der Waals surface area contributed by atoms with Crippen LogP contribution in [-0.4, -0.2) is 80.6 Å². The average Bonchev–Trinajstić information content (AvgIpc) is 2.80. The number of ether oxygens (including phenoxy) is 2. The molecule has 1 amide bonds. The fourth-order valence-corrected chi connectivity index (χ4v) is 5.46. The van der Waals surface area contributed by atoms with Gasteiger partial charge in [-0.1, -0.05) is 25.3 Å². The van der Waals surface area contributed by atoms with Crippen LogP contribution in [-0.2, 0) is 11.3 Å². The van der Waals surface area contributed by atoms with Gasteiger partial charge >= 0.3 is 0 Å². The van der Waals surface area contributed by atoms with Gasteiger partial charge in [0.05, 0.1) is 20.8 Å². The molecule has 1 aromatic carbocycles. The van der Waals surface area contributed by atoms with Crippen LogP contribution in [0.15, 0.2) is 18.2 Å². The summed E-state index contributed by atoms with van der Waals surface area (Å²) in [5.41, 5.74) is 1.23. The van der Waals surface area contributed by atoms with E-state index in [0.29, 0.717) is 12.5 Å². The number of rotatable bonds is 6. The molecular weight excluding hydrogens is 378 g/mol. The number of fused-ring (bicyclic) bond motifs is 1. The van der Waals surface area contributed by atoms with Gasteiger partial charge in [-0.25, -0.2) is 0 Å². The van der Waals surface area contributed by atoms with Crippen LogP contribution >= 0.6 is 0 Å². The first kappa shape index (κ1) is 21.4. The van der Waals surface area contributed by atoms with Crippen molar-refractivity contribution in [1.29, 1.82) is 0 Å². The zero-order valence-electron chi connectivity index (χ0n) is 18.6. The first-order valence-corrected chi connectivity index (χ1v) is 11.6. The molecule has 3 aliphatic rings. The molecule has 30 heavy (non-hydrogen) atoms. The number of carbonyl (C=O) groups is 1. The van der Waals surface area contributed by atoms with Gasteiger partial charge in [-0.2, -0.15) is 0 Å². The highest BCUT2D eigenvalue weighted by atomic mass is 16.5. The molecule has 6 nitrogen and oxygen atoms in total. The number of piperidine rings is 1. The Morgan fingerprint density at radius 2 is 1.60 bits per heavy atom. The lowest BCUT2D eigenvalue weighted by atomic mass is 9.75. The number of methoxy groups -OCH3 is 2. The minimum Gasteiger partial charge on any atom is -0.493 e. The van der Waals surface area contributed by atoms with Crippen molar-refractivity contribution in [2.75, 3.05) is 60.0 Å². The number of amides is 1. The molecule has 2 heterocycles. The van der Waals surface area contributed by atoms with Gasteiger partial charge in [0.1, 0.15) is 0 Å². The summed E-state index contributed by atoms with van der Waals surface area (Å²) in [6.07, 6.45) is 6.67. The Morgan fingerprint density at radius 1 is 0.900 bits per heavy atom. The summed E-state index contributed by atoms with van der Waals surface area (Å²) >= 11 is 0. The molecule has 2 atom stereocenters. The third-order valence-electron chi connectivity index (χ3n) is 7.32. The smallest absolute Gasteiger partial charge is 0.236 e. The lowest BCUT2D eigenvalue weighted by Gasteiger charge is -2.42. The van der Waals surface area contributed by atoms with Gasteiger partial charge in [0.2, 0.25) is 5.91 Å². The second kappa shape index (κ2) is 10.0. The Labute approximate surface area is 181 Å². The maximum atomic E-state index is 12.9. The van der Waals surface area contributed by atoms with Crippen molar-refractivity contribution in [2.45, 2.75) is 38.6 Å². The maximum Gasteiger partial charge on any atom is 0.236 e. The molecular formula is C24H37N3O3. The van der Waals surface area contributed by atoms with Crippen LogP contribution in [0.3, 0.4) is 0 Å². The topological polar surface area (TPSA) is 45.2 Å². The van der Waals surface area contributed by atoms with Crippen molar-refractivity contribution in [2.24, 2.45) is 11.8 Å². The van der Waals surface area contributed by atoms with E-state index in [1.54, 1.807) is 14.2 Å². The summed E-state index contributed by atoms with van der Waals surface area (Å²) in [5, 5.41) is 0. The van der Waals surface area contributed by atoms with E-state index >= 15 is 0 Å². The number of nitrogens with zero attached hydrogens (tertiary/aromatic N) is 3. The van der Waals surface area contributed by atoms with Gasteiger partial charge < -0.3 is 14.4 Å². The third kappa shape index (κ3) is 5.09. The van der Waals surface area contributed by atoms with Crippen LogP contribution < -0.4 is 9.47 Å². The SMILES string of the molecule is COc1ccc(CN2CCN(CC(=O)N3CC[C@H]4CCCC[C@@H]4C3)CC2)cc1OC. The molecule has 0 bridgehead atoms. The zero-order valence-corrected chi connectivity index (χ0v) is 18.6. The summed E-state index contributed by atoms with van der Waals surface area (Å²) in [4.78, 5) is 19.8. The second-order valence-electron chi connectivity index (χ2n) is 9.17. The van der Waals surface area contributed by atoms with Crippen LogP contribution in [0.4, 0.5) is 0 Å². The Hall–Kier alpha value is -1.79. The van der Waals surface area contributed by atoms with Crippen molar-refractivity contribution in [1.82, 2.24) is 14.7 Å². The van der Waals surface area contributed by atoms with Crippen LogP contribution in [0.5, 0.6) is 11.5 Å². The van der Waals surface area contributed by atoms with Crippen molar-refractivity contribution in [3.05, 3.63) is 23.8 Å². The van der Waals surface area contributed by atoms with E-state index in [0.717, 1.165) is 69.1 Å². The van der Waals surface area contributed by atoms with Crippen molar-refractivity contribution in [3.63, 3.8) is 0 Å². The molecule has 0 radical (unpaired) electrons. The molecule has 4 rings (SSSR count). The number of hydrogen-bond acceptors (Lipinski definition) is 5. The molecule has 1 aromatic rings. The maximum absolute atomic E-state index is 12.9. The summed E-state index contributed by atoms with van der Waals surface area (Å²) in [5.74, 6) is 3.52. The summed E-state index contributed by atoms with van der Waals surface area (Å²) in [6.45, 7) is 7.36. The standard InChI is InChI=1S/C24H37N3O3/c1-29-22-8-7-19(15-23(22)30-2)16-25-11-13-26(14-12-25)18-24(28)27-10-9-20-5-3-4-6-21(20)17-27/h7-8,15,20-21H,3-6,9-14,16-18H2,1-2H3/t20-,21-/m1/s1. The first-order valence-electron chi connectivity index (χ1n) is 11.6. The summed E-state index contributed by atoms with van der Waals surface area (Å²) < 4.78 is 10.8. The fourth-order valence-electron chi connectivity index (χ4n) is 5.46. The Balaban J connectivity index is 1.22. The van der Waals surface area contributed by atoms with Gasteiger partial charge in [-0.15, -0.1) is 0 Å². The lowest BCUT2D eigenvalue weighted by molar-refractivity contribution is -0.136. The van der Waals surface area contributed by atoms with E-state index in [4.69, 9.17) is 9.47 Å². The van der Waals surface area contributed by atoms with Crippen LogP contribution in [0.1, 0.15) is 37.7 Å². The molecule has 0 aromatic heterocycles. The van der Waals surface area contributed by atoms with Crippen molar-refractivity contribution >= 4 is 5.91 Å². The van der Waals surface area contributed by atoms with Crippen molar-refractivity contribution < 1.29 is 14.3 Å². The molecule has 1 aliphatic carbocycles. The highest BCUT2D eigenvalue weighted by Crippen LogP contribution is 2.36. The normalized spacial score (nSPS) is 25.6. The Kier molecular flexibility index (Phi) is 7.16. The largest absolute Gasteiger partial charge is 0.493 e. The second-order valence-corrected chi connectivity index (χ2v) is 9.17. The quantitative estimate of drug-likeness (QED) is 0.715. The van der Waals surface area contributed by atoms with Gasteiger partial charge in [-0.3, -0.25) is 14.6 Å². The number of likely N-dealkylation sites (tertiary alicyclic amines) is 1. The fraction of sp³-hybridized carbons (Fsp3) is 0.708. The molecule has 0 spiro atoms. The van der Waals surface area contributed by atoms with Crippen LogP contribution in [0.25, 0.3) is 0 Å². The molecule has 166 valence electrons. The first-order chi connectivity index (χ1) is 14.7. The summed E-state index contributed by atoms with van der Waals surface area (Å²) in [7, 11) is 3.34.